The van der Waals surface area contributed by atoms with E-state index in [0.29, 0.717) is 23.5 Å². The molecule has 2 atom stereocenters. The summed E-state index contributed by atoms with van der Waals surface area (Å²) in [5.41, 5.74) is 0.420. The number of aliphatic carboxylic acids is 1. The molecule has 5 heterocycles. The average molecular weight is 516 g/mol. The van der Waals surface area contributed by atoms with Crippen molar-refractivity contribution in [3.05, 3.63) is 35.9 Å². The molecule has 0 saturated carbocycles. The third-order valence-electron chi connectivity index (χ3n) is 5.78. The predicted molar refractivity (Wildman–Crippen MR) is 115 cm³/mol. The second-order valence-corrected chi connectivity index (χ2v) is 8.22. The fourth-order valence-corrected chi connectivity index (χ4v) is 4.24. The van der Waals surface area contributed by atoms with Crippen molar-refractivity contribution < 1.29 is 36.6 Å². The fraction of sp³-hybridized carbons (Fsp3) is 0.450. The van der Waals surface area contributed by atoms with Crippen LogP contribution in [0.3, 0.4) is 0 Å². The Balaban J connectivity index is 0.000000384. The van der Waals surface area contributed by atoms with Crippen molar-refractivity contribution in [3.63, 3.8) is 0 Å². The lowest BCUT2D eigenvalue weighted by Crippen LogP contribution is -2.52. The van der Waals surface area contributed by atoms with Crippen molar-refractivity contribution in [2.45, 2.75) is 37.5 Å². The first-order valence-corrected chi connectivity index (χ1v) is 10.7. The monoisotopic (exact) mass is 516 g/mol. The van der Waals surface area contributed by atoms with Gasteiger partial charge in [0.25, 0.3) is 12.3 Å². The van der Waals surface area contributed by atoms with Crippen LogP contribution in [0.2, 0.25) is 0 Å². The Morgan fingerprint density at radius 3 is 2.39 bits per heavy atom. The Kier molecular flexibility index (Phi) is 6.79. The molecule has 2 bridgehead atoms. The third kappa shape index (κ3) is 5.07. The number of aromatic nitrogens is 5. The van der Waals surface area contributed by atoms with E-state index in [0.717, 1.165) is 25.9 Å². The van der Waals surface area contributed by atoms with Crippen molar-refractivity contribution in [2.75, 3.05) is 23.3 Å². The second kappa shape index (κ2) is 9.67. The van der Waals surface area contributed by atoms with E-state index in [4.69, 9.17) is 9.90 Å². The van der Waals surface area contributed by atoms with E-state index >= 15 is 0 Å². The van der Waals surface area contributed by atoms with Gasteiger partial charge in [-0.2, -0.15) is 18.3 Å². The highest BCUT2D eigenvalue weighted by Gasteiger charge is 2.39. The third-order valence-corrected chi connectivity index (χ3v) is 5.78. The lowest BCUT2D eigenvalue weighted by atomic mass is 10.2. The van der Waals surface area contributed by atoms with Crippen LogP contribution in [0.4, 0.5) is 33.6 Å². The number of carbonyl (C=O) groups is 2. The molecule has 0 aromatic carbocycles. The van der Waals surface area contributed by atoms with E-state index in [9.17, 15) is 26.7 Å². The van der Waals surface area contributed by atoms with Gasteiger partial charge in [0.2, 0.25) is 5.95 Å². The summed E-state index contributed by atoms with van der Waals surface area (Å²) in [6.45, 7) is 1.77. The van der Waals surface area contributed by atoms with Crippen LogP contribution in [-0.2, 0) is 11.8 Å². The summed E-state index contributed by atoms with van der Waals surface area (Å²) < 4.78 is 60.8. The van der Waals surface area contributed by atoms with Crippen molar-refractivity contribution in [3.8, 4) is 0 Å². The number of piperazine rings is 1. The number of carboxylic acids is 1. The van der Waals surface area contributed by atoms with Crippen molar-refractivity contribution in [2.24, 2.45) is 7.05 Å². The van der Waals surface area contributed by atoms with Crippen LogP contribution in [0.5, 0.6) is 0 Å². The van der Waals surface area contributed by atoms with E-state index in [-0.39, 0.29) is 11.4 Å². The molecule has 2 unspecified atom stereocenters. The Bertz CT molecular complexity index is 1260. The molecule has 2 aliphatic rings. The summed E-state index contributed by atoms with van der Waals surface area (Å²) in [6.07, 6.45) is -2.68. The van der Waals surface area contributed by atoms with E-state index in [2.05, 4.69) is 30.7 Å². The van der Waals surface area contributed by atoms with Gasteiger partial charge in [0.15, 0.2) is 5.69 Å². The first-order chi connectivity index (χ1) is 17.0. The van der Waals surface area contributed by atoms with Gasteiger partial charge in [0.1, 0.15) is 5.69 Å². The number of rotatable bonds is 4. The molecule has 0 aliphatic carbocycles. The molecule has 3 aromatic heterocycles. The molecular weight excluding hydrogens is 495 g/mol. The average Bonchev–Trinajstić information content (AvgIpc) is 3.46. The van der Waals surface area contributed by atoms with Crippen LogP contribution in [0.25, 0.3) is 5.52 Å². The van der Waals surface area contributed by atoms with Crippen LogP contribution in [0.1, 0.15) is 35.4 Å². The largest absolute Gasteiger partial charge is 0.490 e. The molecule has 0 spiro atoms. The quantitative estimate of drug-likeness (QED) is 0.451. The summed E-state index contributed by atoms with van der Waals surface area (Å²) in [7, 11) is 1.52. The molecule has 2 aliphatic heterocycles. The molecule has 0 radical (unpaired) electrons. The number of hydrogen-bond donors (Lipinski definition) is 3. The lowest BCUT2D eigenvalue weighted by molar-refractivity contribution is -0.192. The summed E-state index contributed by atoms with van der Waals surface area (Å²) in [4.78, 5) is 28.4. The number of alkyl halides is 5. The zero-order valence-electron chi connectivity index (χ0n) is 18.7. The van der Waals surface area contributed by atoms with Crippen LogP contribution in [-0.4, -0.2) is 72.7 Å². The first-order valence-electron chi connectivity index (χ1n) is 10.7. The standard InChI is InChI=1S/C18H20F2N8O.C2HF3O2/c1-26-9-13(15(24-26)16(19)20)23-17(29)14-5-4-12-8-22-18(25-28(12)14)27-10-2-3-11(27)7-21-6-10;3-2(4,5)1(6)7/h4-5,8-11,16,21H,2-3,6-7H2,1H3,(H,23,29);(H,6,7). The maximum Gasteiger partial charge on any atom is 0.490 e. The molecule has 1 amide bonds. The summed E-state index contributed by atoms with van der Waals surface area (Å²) in [5.74, 6) is -2.72. The molecule has 194 valence electrons. The van der Waals surface area contributed by atoms with Crippen molar-refractivity contribution in [1.29, 1.82) is 0 Å². The highest BCUT2D eigenvalue weighted by Crippen LogP contribution is 2.30. The van der Waals surface area contributed by atoms with Crippen LogP contribution >= 0.6 is 0 Å². The molecule has 11 nitrogen and oxygen atoms in total. The topological polar surface area (TPSA) is 130 Å². The molecule has 36 heavy (non-hydrogen) atoms. The molecule has 2 saturated heterocycles. The number of nitrogens with zero attached hydrogens (tertiary/aromatic N) is 6. The number of amides is 1. The highest BCUT2D eigenvalue weighted by atomic mass is 19.4. The van der Waals surface area contributed by atoms with Gasteiger partial charge in [0.05, 0.1) is 17.4 Å². The van der Waals surface area contributed by atoms with Crippen LogP contribution in [0.15, 0.2) is 24.5 Å². The van der Waals surface area contributed by atoms with Gasteiger partial charge in [-0.05, 0) is 25.0 Å². The Hall–Kier alpha value is -3.82. The number of fused-ring (bicyclic) bond motifs is 3. The molecule has 16 heteroatoms. The van der Waals surface area contributed by atoms with Crippen LogP contribution in [0, 0.1) is 0 Å². The van der Waals surface area contributed by atoms with Gasteiger partial charge >= 0.3 is 12.1 Å². The Labute approximate surface area is 199 Å². The number of anilines is 2. The molecule has 3 N–H and O–H groups in total. The first kappa shape index (κ1) is 25.3. The van der Waals surface area contributed by atoms with Crippen molar-refractivity contribution in [1.82, 2.24) is 29.7 Å². The number of carbonyl (C=O) groups excluding carboxylic acids is 1. The Morgan fingerprint density at radius 1 is 1.17 bits per heavy atom. The van der Waals surface area contributed by atoms with Gasteiger partial charge < -0.3 is 20.6 Å². The lowest BCUT2D eigenvalue weighted by Gasteiger charge is -2.35. The number of aryl methyl sites for hydroxylation is 1. The van der Waals surface area contributed by atoms with Gasteiger partial charge in [-0.15, -0.1) is 5.10 Å². The summed E-state index contributed by atoms with van der Waals surface area (Å²) in [6, 6.07) is 4.00. The number of nitrogens with one attached hydrogen (secondary N) is 2. The number of hydrogen-bond acceptors (Lipinski definition) is 7. The van der Waals surface area contributed by atoms with Crippen LogP contribution < -0.4 is 15.5 Å². The Morgan fingerprint density at radius 2 is 1.81 bits per heavy atom. The zero-order valence-corrected chi connectivity index (χ0v) is 18.7. The number of carboxylic acid groups (broad SMARTS) is 1. The van der Waals surface area contributed by atoms with E-state index < -0.39 is 30.2 Å². The minimum atomic E-state index is -5.08. The fourth-order valence-electron chi connectivity index (χ4n) is 4.24. The number of halogens is 5. The summed E-state index contributed by atoms with van der Waals surface area (Å²) >= 11 is 0. The smallest absolute Gasteiger partial charge is 0.475 e. The molecule has 3 aromatic rings. The van der Waals surface area contributed by atoms with E-state index in [1.165, 1.54) is 22.4 Å². The molecule has 5 rings (SSSR count). The SMILES string of the molecule is Cn1cc(NC(=O)c2ccc3cnc(N4C5CCC4CNC5)nn23)c(C(F)F)n1.O=C(O)C(F)(F)F. The minimum absolute atomic E-state index is 0.0168. The highest BCUT2D eigenvalue weighted by molar-refractivity contribution is 6.04. The maximum atomic E-state index is 13.2. The zero-order chi connectivity index (χ0) is 26.2. The van der Waals surface area contributed by atoms with E-state index in [1.807, 2.05) is 0 Å². The maximum absolute atomic E-state index is 13.2. The molecular formula is C20H21F5N8O3. The van der Waals surface area contributed by atoms with E-state index in [1.54, 1.807) is 18.3 Å². The van der Waals surface area contributed by atoms with Crippen molar-refractivity contribution >= 4 is 29.0 Å². The normalized spacial score (nSPS) is 19.4. The molecule has 2 fully saturated rings. The predicted octanol–water partition coefficient (Wildman–Crippen LogP) is 2.23. The summed E-state index contributed by atoms with van der Waals surface area (Å²) in [5, 5.41) is 21.4. The van der Waals surface area contributed by atoms with Gasteiger partial charge in [-0.3, -0.25) is 9.48 Å². The van der Waals surface area contributed by atoms with Gasteiger partial charge in [-0.25, -0.2) is 23.1 Å². The van der Waals surface area contributed by atoms with Gasteiger partial charge in [-0.1, -0.05) is 0 Å². The minimum Gasteiger partial charge on any atom is -0.475 e. The van der Waals surface area contributed by atoms with Gasteiger partial charge in [0, 0.05) is 38.4 Å². The second-order valence-electron chi connectivity index (χ2n) is 8.22.